The second-order valence-electron chi connectivity index (χ2n) is 3.91. The number of aromatic nitrogens is 1. The van der Waals surface area contributed by atoms with E-state index in [-0.39, 0.29) is 0 Å². The van der Waals surface area contributed by atoms with E-state index in [2.05, 4.69) is 30.1 Å². The molecule has 0 fully saturated rings. The molecular weight excluding hydrogens is 210 g/mol. The second kappa shape index (κ2) is 4.67. The summed E-state index contributed by atoms with van der Waals surface area (Å²) >= 11 is 0. The number of benzene rings is 1. The fourth-order valence-electron chi connectivity index (χ4n) is 1.62. The first-order valence-electron chi connectivity index (χ1n) is 5.37. The lowest BCUT2D eigenvalue weighted by Gasteiger charge is -2.18. The Balaban J connectivity index is 2.30. The van der Waals surface area contributed by atoms with E-state index in [0.717, 1.165) is 11.5 Å². The highest BCUT2D eigenvalue weighted by molar-refractivity contribution is 5.60. The predicted molar refractivity (Wildman–Crippen MR) is 68.2 cm³/mol. The number of anilines is 2. The summed E-state index contributed by atoms with van der Waals surface area (Å²) < 4.78 is 0. The van der Waals surface area contributed by atoms with Crippen LogP contribution in [0.3, 0.4) is 0 Å². The zero-order chi connectivity index (χ0) is 12.3. The van der Waals surface area contributed by atoms with Crippen LogP contribution in [0.2, 0.25) is 0 Å². The molecule has 3 heteroatoms. The molecule has 0 bridgehead atoms. The fraction of sp³-hybridized carbons (Fsp3) is 0.143. The van der Waals surface area contributed by atoms with Crippen molar-refractivity contribution in [3.63, 3.8) is 0 Å². The Morgan fingerprint density at radius 3 is 2.65 bits per heavy atom. The van der Waals surface area contributed by atoms with Gasteiger partial charge in [-0.3, -0.25) is 0 Å². The molecule has 2 rings (SSSR count). The van der Waals surface area contributed by atoms with Gasteiger partial charge in [0.1, 0.15) is 11.9 Å². The Hall–Kier alpha value is -2.34. The van der Waals surface area contributed by atoms with Crippen molar-refractivity contribution in [1.82, 2.24) is 4.98 Å². The van der Waals surface area contributed by atoms with Crippen molar-refractivity contribution in [3.8, 4) is 6.07 Å². The van der Waals surface area contributed by atoms with Crippen LogP contribution in [0.5, 0.6) is 0 Å². The molecule has 1 heterocycles. The normalized spacial score (nSPS) is 9.71. The van der Waals surface area contributed by atoms with Gasteiger partial charge < -0.3 is 4.90 Å². The molecule has 0 radical (unpaired) electrons. The van der Waals surface area contributed by atoms with Gasteiger partial charge in [0.2, 0.25) is 0 Å². The highest BCUT2D eigenvalue weighted by atomic mass is 15.2. The topological polar surface area (TPSA) is 39.9 Å². The van der Waals surface area contributed by atoms with E-state index in [4.69, 9.17) is 5.26 Å². The van der Waals surface area contributed by atoms with Crippen molar-refractivity contribution in [2.75, 3.05) is 11.9 Å². The van der Waals surface area contributed by atoms with E-state index < -0.39 is 0 Å². The van der Waals surface area contributed by atoms with Crippen molar-refractivity contribution in [1.29, 1.82) is 5.26 Å². The van der Waals surface area contributed by atoms with Gasteiger partial charge in [0.15, 0.2) is 0 Å². The van der Waals surface area contributed by atoms with Crippen LogP contribution in [0.4, 0.5) is 11.5 Å². The lowest BCUT2D eigenvalue weighted by Crippen LogP contribution is -2.11. The first-order valence-corrected chi connectivity index (χ1v) is 5.37. The Labute approximate surface area is 101 Å². The second-order valence-corrected chi connectivity index (χ2v) is 3.91. The molecule has 0 saturated carbocycles. The van der Waals surface area contributed by atoms with Gasteiger partial charge in [0.25, 0.3) is 0 Å². The van der Waals surface area contributed by atoms with Crippen LogP contribution in [-0.2, 0) is 0 Å². The van der Waals surface area contributed by atoms with Crippen LogP contribution in [0.25, 0.3) is 0 Å². The smallest absolute Gasteiger partial charge is 0.132 e. The van der Waals surface area contributed by atoms with Crippen molar-refractivity contribution in [2.45, 2.75) is 6.92 Å². The molecule has 2 aromatic rings. The molecule has 0 N–H and O–H groups in total. The SMILES string of the molecule is Cc1cccc(N(C)c2ccc(C#N)cn2)c1. The molecule has 0 aliphatic heterocycles. The molecule has 0 aliphatic rings. The van der Waals surface area contributed by atoms with Gasteiger partial charge in [-0.25, -0.2) is 4.98 Å². The monoisotopic (exact) mass is 223 g/mol. The van der Waals surface area contributed by atoms with Crippen LogP contribution < -0.4 is 4.90 Å². The third-order valence-electron chi connectivity index (χ3n) is 2.61. The summed E-state index contributed by atoms with van der Waals surface area (Å²) in [7, 11) is 1.96. The van der Waals surface area contributed by atoms with Crippen LogP contribution in [-0.4, -0.2) is 12.0 Å². The van der Waals surface area contributed by atoms with E-state index in [1.165, 1.54) is 5.56 Å². The third-order valence-corrected chi connectivity index (χ3v) is 2.61. The van der Waals surface area contributed by atoms with Crippen molar-refractivity contribution < 1.29 is 0 Å². The summed E-state index contributed by atoms with van der Waals surface area (Å²) in [4.78, 5) is 6.25. The number of rotatable bonds is 2. The minimum absolute atomic E-state index is 0.575. The maximum Gasteiger partial charge on any atom is 0.132 e. The molecule has 0 unspecified atom stereocenters. The molecule has 84 valence electrons. The summed E-state index contributed by atoms with van der Waals surface area (Å²) in [6, 6.07) is 13.9. The quantitative estimate of drug-likeness (QED) is 0.785. The van der Waals surface area contributed by atoms with Crippen LogP contribution >= 0.6 is 0 Å². The van der Waals surface area contributed by atoms with Gasteiger partial charge in [-0.15, -0.1) is 0 Å². The van der Waals surface area contributed by atoms with Crippen LogP contribution in [0, 0.1) is 18.3 Å². The maximum absolute atomic E-state index is 8.72. The summed E-state index contributed by atoms with van der Waals surface area (Å²) in [5.74, 6) is 0.828. The van der Waals surface area contributed by atoms with Crippen molar-refractivity contribution in [3.05, 3.63) is 53.7 Å². The van der Waals surface area contributed by atoms with E-state index >= 15 is 0 Å². The predicted octanol–water partition coefficient (Wildman–Crippen LogP) is 3.03. The third kappa shape index (κ3) is 2.43. The summed E-state index contributed by atoms with van der Waals surface area (Å²) in [6.45, 7) is 2.06. The van der Waals surface area contributed by atoms with Gasteiger partial charge in [-0.05, 0) is 36.8 Å². The summed E-state index contributed by atoms with van der Waals surface area (Å²) in [5.41, 5.74) is 2.87. The summed E-state index contributed by atoms with van der Waals surface area (Å²) in [5, 5.41) is 8.72. The van der Waals surface area contributed by atoms with Gasteiger partial charge in [-0.2, -0.15) is 5.26 Å². The van der Waals surface area contributed by atoms with Gasteiger partial charge in [0.05, 0.1) is 5.56 Å². The molecule has 0 saturated heterocycles. The lowest BCUT2D eigenvalue weighted by molar-refractivity contribution is 1.12. The van der Waals surface area contributed by atoms with Gasteiger partial charge in [-0.1, -0.05) is 12.1 Å². The fourth-order valence-corrected chi connectivity index (χ4v) is 1.62. The average molecular weight is 223 g/mol. The first-order chi connectivity index (χ1) is 8.20. The number of nitriles is 1. The molecule has 0 aliphatic carbocycles. The molecule has 1 aromatic heterocycles. The molecule has 17 heavy (non-hydrogen) atoms. The number of aryl methyl sites for hydroxylation is 1. The van der Waals surface area contributed by atoms with Gasteiger partial charge in [0, 0.05) is 18.9 Å². The molecule has 1 aromatic carbocycles. The first kappa shape index (κ1) is 11.2. The number of hydrogen-bond donors (Lipinski definition) is 0. The highest BCUT2D eigenvalue weighted by Crippen LogP contribution is 2.22. The molecule has 0 spiro atoms. The standard InChI is InChI=1S/C14H13N3/c1-11-4-3-5-13(8-11)17(2)14-7-6-12(9-15)10-16-14/h3-8,10H,1-2H3. The van der Waals surface area contributed by atoms with E-state index in [0.29, 0.717) is 5.56 Å². The Bertz CT molecular complexity index is 552. The molecule has 0 amide bonds. The van der Waals surface area contributed by atoms with Crippen molar-refractivity contribution >= 4 is 11.5 Å². The Morgan fingerprint density at radius 2 is 2.06 bits per heavy atom. The zero-order valence-electron chi connectivity index (χ0n) is 9.88. The largest absolute Gasteiger partial charge is 0.329 e. The Morgan fingerprint density at radius 1 is 1.24 bits per heavy atom. The molecular formula is C14H13N3. The highest BCUT2D eigenvalue weighted by Gasteiger charge is 2.04. The van der Waals surface area contributed by atoms with E-state index in [9.17, 15) is 0 Å². The van der Waals surface area contributed by atoms with E-state index in [1.54, 1.807) is 12.3 Å². The number of pyridine rings is 1. The minimum atomic E-state index is 0.575. The van der Waals surface area contributed by atoms with E-state index in [1.807, 2.05) is 30.1 Å². The lowest BCUT2D eigenvalue weighted by atomic mass is 10.2. The summed E-state index contributed by atoms with van der Waals surface area (Å²) in [6.07, 6.45) is 1.58. The Kier molecular flexibility index (Phi) is 3.06. The van der Waals surface area contributed by atoms with Crippen molar-refractivity contribution in [2.24, 2.45) is 0 Å². The van der Waals surface area contributed by atoms with Crippen LogP contribution in [0.15, 0.2) is 42.6 Å². The van der Waals surface area contributed by atoms with Crippen LogP contribution in [0.1, 0.15) is 11.1 Å². The zero-order valence-corrected chi connectivity index (χ0v) is 9.88. The van der Waals surface area contributed by atoms with Gasteiger partial charge >= 0.3 is 0 Å². The minimum Gasteiger partial charge on any atom is -0.329 e. The number of hydrogen-bond acceptors (Lipinski definition) is 3. The maximum atomic E-state index is 8.72. The molecule has 3 nitrogen and oxygen atoms in total. The average Bonchev–Trinajstić information content (AvgIpc) is 2.38. The number of nitrogens with zero attached hydrogens (tertiary/aromatic N) is 3. The molecule has 0 atom stereocenters.